The summed E-state index contributed by atoms with van der Waals surface area (Å²) < 4.78 is 4.74. The smallest absolute Gasteiger partial charge is 0.325 e. The third-order valence-electron chi connectivity index (χ3n) is 2.95. The molecule has 0 saturated carbocycles. The number of hydrogen-bond acceptors (Lipinski definition) is 3. The van der Waals surface area contributed by atoms with Crippen LogP contribution < -0.4 is 5.32 Å². The summed E-state index contributed by atoms with van der Waals surface area (Å²) in [5, 5.41) is 3.11. The molecule has 0 fully saturated rings. The van der Waals surface area contributed by atoms with E-state index in [-0.39, 0.29) is 18.6 Å². The number of hydrogen-bond donors (Lipinski definition) is 1. The molecule has 0 spiro atoms. The summed E-state index contributed by atoms with van der Waals surface area (Å²) in [6, 6.07) is 6.78. The van der Waals surface area contributed by atoms with Gasteiger partial charge in [0.05, 0.1) is 12.6 Å². The Labute approximate surface area is 123 Å². The standard InChI is InChI=1S/C14H19ClN2O3/c1-4-20-13(18)9-16-14(19)17(3)10(2)11-7-5-6-8-12(11)15/h5-8,10H,4,9H2,1-3H3,(H,16,19). The van der Waals surface area contributed by atoms with Gasteiger partial charge < -0.3 is 15.0 Å². The molecular weight excluding hydrogens is 280 g/mol. The number of urea groups is 1. The molecule has 1 aromatic carbocycles. The second-order valence-electron chi connectivity index (χ2n) is 4.27. The monoisotopic (exact) mass is 298 g/mol. The first-order valence-corrected chi connectivity index (χ1v) is 6.75. The van der Waals surface area contributed by atoms with Gasteiger partial charge in [0.25, 0.3) is 0 Å². The number of halogens is 1. The molecule has 20 heavy (non-hydrogen) atoms. The molecule has 0 radical (unpaired) electrons. The summed E-state index contributed by atoms with van der Waals surface area (Å²) in [6.07, 6.45) is 0. The van der Waals surface area contributed by atoms with Crippen LogP contribution >= 0.6 is 11.6 Å². The van der Waals surface area contributed by atoms with Crippen LogP contribution in [-0.2, 0) is 9.53 Å². The van der Waals surface area contributed by atoms with Gasteiger partial charge in [0, 0.05) is 12.1 Å². The van der Waals surface area contributed by atoms with Gasteiger partial charge in [-0.25, -0.2) is 4.79 Å². The maximum atomic E-state index is 11.9. The molecule has 1 atom stereocenters. The van der Waals surface area contributed by atoms with Crippen molar-refractivity contribution in [1.29, 1.82) is 0 Å². The molecule has 0 aromatic heterocycles. The Morgan fingerprint density at radius 2 is 2.05 bits per heavy atom. The number of benzene rings is 1. The van der Waals surface area contributed by atoms with Crippen molar-refractivity contribution in [3.8, 4) is 0 Å². The van der Waals surface area contributed by atoms with Crippen LogP contribution in [-0.4, -0.2) is 37.1 Å². The molecule has 0 aliphatic rings. The largest absolute Gasteiger partial charge is 0.465 e. The minimum Gasteiger partial charge on any atom is -0.465 e. The molecule has 0 saturated heterocycles. The molecule has 0 aliphatic carbocycles. The fourth-order valence-electron chi connectivity index (χ4n) is 1.68. The van der Waals surface area contributed by atoms with Gasteiger partial charge in [-0.3, -0.25) is 4.79 Å². The Hall–Kier alpha value is -1.75. The fourth-order valence-corrected chi connectivity index (χ4v) is 1.98. The van der Waals surface area contributed by atoms with Gasteiger partial charge in [0.1, 0.15) is 6.54 Å². The van der Waals surface area contributed by atoms with E-state index in [0.717, 1.165) is 5.56 Å². The zero-order chi connectivity index (χ0) is 15.1. The van der Waals surface area contributed by atoms with Crippen LogP contribution in [0, 0.1) is 0 Å². The van der Waals surface area contributed by atoms with Crippen LogP contribution in [0.1, 0.15) is 25.5 Å². The highest BCUT2D eigenvalue weighted by molar-refractivity contribution is 6.31. The number of nitrogens with zero attached hydrogens (tertiary/aromatic N) is 1. The summed E-state index contributed by atoms with van der Waals surface area (Å²) in [7, 11) is 1.65. The Morgan fingerprint density at radius 3 is 2.65 bits per heavy atom. The van der Waals surface area contributed by atoms with Crippen molar-refractivity contribution in [3.63, 3.8) is 0 Å². The highest BCUT2D eigenvalue weighted by atomic mass is 35.5. The predicted molar refractivity (Wildman–Crippen MR) is 77.7 cm³/mol. The summed E-state index contributed by atoms with van der Waals surface area (Å²) in [4.78, 5) is 24.6. The number of rotatable bonds is 5. The highest BCUT2D eigenvalue weighted by Gasteiger charge is 2.19. The third-order valence-corrected chi connectivity index (χ3v) is 3.29. The lowest BCUT2D eigenvalue weighted by molar-refractivity contribution is -0.141. The molecule has 2 amide bonds. The van der Waals surface area contributed by atoms with Crippen molar-refractivity contribution < 1.29 is 14.3 Å². The van der Waals surface area contributed by atoms with Crippen LogP contribution in [0.15, 0.2) is 24.3 Å². The van der Waals surface area contributed by atoms with E-state index in [2.05, 4.69) is 5.32 Å². The summed E-state index contributed by atoms with van der Waals surface area (Å²) >= 11 is 6.10. The van der Waals surface area contributed by atoms with Crippen LogP contribution in [0.2, 0.25) is 5.02 Å². The van der Waals surface area contributed by atoms with Crippen molar-refractivity contribution in [2.45, 2.75) is 19.9 Å². The lowest BCUT2D eigenvalue weighted by Crippen LogP contribution is -2.41. The molecule has 1 N–H and O–H groups in total. The van der Waals surface area contributed by atoms with Crippen LogP contribution in [0.5, 0.6) is 0 Å². The zero-order valence-corrected chi connectivity index (χ0v) is 12.6. The van der Waals surface area contributed by atoms with Crippen molar-refractivity contribution >= 4 is 23.6 Å². The van der Waals surface area contributed by atoms with Gasteiger partial charge in [-0.2, -0.15) is 0 Å². The van der Waals surface area contributed by atoms with Crippen molar-refractivity contribution in [3.05, 3.63) is 34.9 Å². The van der Waals surface area contributed by atoms with E-state index in [9.17, 15) is 9.59 Å². The first-order valence-electron chi connectivity index (χ1n) is 6.38. The first-order chi connectivity index (χ1) is 9.47. The summed E-state index contributed by atoms with van der Waals surface area (Å²) in [5.41, 5.74) is 0.850. The SMILES string of the molecule is CCOC(=O)CNC(=O)N(C)C(C)c1ccccc1Cl. The van der Waals surface area contributed by atoms with Crippen molar-refractivity contribution in [1.82, 2.24) is 10.2 Å². The van der Waals surface area contributed by atoms with Crippen molar-refractivity contribution in [2.24, 2.45) is 0 Å². The van der Waals surface area contributed by atoms with Gasteiger partial charge in [-0.05, 0) is 25.5 Å². The molecule has 0 bridgehead atoms. The Balaban J connectivity index is 2.60. The van der Waals surface area contributed by atoms with E-state index >= 15 is 0 Å². The van der Waals surface area contributed by atoms with E-state index in [1.165, 1.54) is 4.90 Å². The quantitative estimate of drug-likeness (QED) is 0.850. The van der Waals surface area contributed by atoms with Crippen LogP contribution in [0.3, 0.4) is 0 Å². The Kier molecular flexibility index (Phi) is 6.31. The minimum atomic E-state index is -0.459. The maximum Gasteiger partial charge on any atom is 0.325 e. The first kappa shape index (κ1) is 16.3. The topological polar surface area (TPSA) is 58.6 Å². The molecule has 0 aliphatic heterocycles. The molecule has 6 heteroatoms. The van der Waals surface area contributed by atoms with Gasteiger partial charge in [0.2, 0.25) is 0 Å². The average molecular weight is 299 g/mol. The maximum absolute atomic E-state index is 11.9. The summed E-state index contributed by atoms with van der Waals surface area (Å²) in [5.74, 6) is -0.459. The third kappa shape index (κ3) is 4.42. The molecule has 1 aromatic rings. The number of carbonyl (C=O) groups excluding carboxylic acids is 2. The van der Waals surface area contributed by atoms with E-state index in [1.807, 2.05) is 25.1 Å². The van der Waals surface area contributed by atoms with Gasteiger partial charge >= 0.3 is 12.0 Å². The zero-order valence-electron chi connectivity index (χ0n) is 11.9. The number of carbonyl (C=O) groups is 2. The summed E-state index contributed by atoms with van der Waals surface area (Å²) in [6.45, 7) is 3.73. The number of nitrogens with one attached hydrogen (secondary N) is 1. The second-order valence-corrected chi connectivity index (χ2v) is 4.68. The van der Waals surface area contributed by atoms with Crippen molar-refractivity contribution in [2.75, 3.05) is 20.2 Å². The highest BCUT2D eigenvalue weighted by Crippen LogP contribution is 2.25. The number of esters is 1. The van der Waals surface area contributed by atoms with Gasteiger partial charge in [-0.1, -0.05) is 29.8 Å². The van der Waals surface area contributed by atoms with Crippen LogP contribution in [0.25, 0.3) is 0 Å². The number of ether oxygens (including phenoxy) is 1. The predicted octanol–water partition coefficient (Wildman–Crippen LogP) is 2.61. The number of amides is 2. The lowest BCUT2D eigenvalue weighted by Gasteiger charge is -2.26. The lowest BCUT2D eigenvalue weighted by atomic mass is 10.1. The van der Waals surface area contributed by atoms with Gasteiger partial charge in [-0.15, -0.1) is 0 Å². The normalized spacial score (nSPS) is 11.6. The molecule has 1 unspecified atom stereocenters. The van der Waals surface area contributed by atoms with E-state index in [0.29, 0.717) is 11.6 Å². The molecule has 1 rings (SSSR count). The Bertz CT molecular complexity index is 479. The Morgan fingerprint density at radius 1 is 1.40 bits per heavy atom. The fraction of sp³-hybridized carbons (Fsp3) is 0.429. The molecule has 110 valence electrons. The van der Waals surface area contributed by atoms with E-state index in [4.69, 9.17) is 16.3 Å². The average Bonchev–Trinajstić information content (AvgIpc) is 2.44. The minimum absolute atomic E-state index is 0.147. The molecular formula is C14H19ClN2O3. The van der Waals surface area contributed by atoms with E-state index in [1.54, 1.807) is 20.0 Å². The van der Waals surface area contributed by atoms with Crippen LogP contribution in [0.4, 0.5) is 4.79 Å². The molecule has 0 heterocycles. The molecule has 5 nitrogen and oxygen atoms in total. The second kappa shape index (κ2) is 7.75. The van der Waals surface area contributed by atoms with E-state index < -0.39 is 5.97 Å². The van der Waals surface area contributed by atoms with Gasteiger partial charge in [0.15, 0.2) is 0 Å².